The molecule has 1 rings (SSSR count). The van der Waals surface area contributed by atoms with Crippen LogP contribution in [0.15, 0.2) is 36.4 Å². The summed E-state index contributed by atoms with van der Waals surface area (Å²) in [5.74, 6) is -0.148. The van der Waals surface area contributed by atoms with Gasteiger partial charge >= 0.3 is 0 Å². The third-order valence-corrected chi connectivity index (χ3v) is 2.03. The Hall–Kier alpha value is -2.08. The Kier molecular flexibility index (Phi) is 3.25. The van der Waals surface area contributed by atoms with Crippen LogP contribution in [0.25, 0.3) is 0 Å². The fraction of sp³-hybridized carbons (Fsp3) is 0.167. The highest BCUT2D eigenvalue weighted by molar-refractivity contribution is 6.04. The Balaban J connectivity index is 3.02. The van der Waals surface area contributed by atoms with Gasteiger partial charge in [0.15, 0.2) is 0 Å². The highest BCUT2D eigenvalue weighted by Crippen LogP contribution is 2.15. The normalized spacial score (nSPS) is 9.13. The number of nitriles is 1. The minimum atomic E-state index is -0.148. The summed E-state index contributed by atoms with van der Waals surface area (Å²) >= 11 is 0. The standard InChI is InChI=1S/C12H12N2O/c1-9(2)12(15)14(3)11-6-4-5-10(7-11)8-13/h4-7H,1H2,2-3H3. The topological polar surface area (TPSA) is 44.1 Å². The Bertz CT molecular complexity index is 443. The second-order valence-corrected chi connectivity index (χ2v) is 3.31. The molecule has 0 saturated heterocycles. The van der Waals surface area contributed by atoms with Gasteiger partial charge in [0.2, 0.25) is 0 Å². The van der Waals surface area contributed by atoms with E-state index in [4.69, 9.17) is 5.26 Å². The molecule has 0 radical (unpaired) electrons. The monoisotopic (exact) mass is 200 g/mol. The lowest BCUT2D eigenvalue weighted by molar-refractivity contribution is -0.114. The van der Waals surface area contributed by atoms with E-state index in [1.165, 1.54) is 4.90 Å². The quantitative estimate of drug-likeness (QED) is 0.686. The van der Waals surface area contributed by atoms with E-state index < -0.39 is 0 Å². The first-order chi connectivity index (χ1) is 7.06. The second-order valence-electron chi connectivity index (χ2n) is 3.31. The molecule has 0 unspecified atom stereocenters. The molecule has 0 bridgehead atoms. The summed E-state index contributed by atoms with van der Waals surface area (Å²) in [6.45, 7) is 5.25. The molecule has 0 heterocycles. The van der Waals surface area contributed by atoms with E-state index >= 15 is 0 Å². The number of hydrogen-bond acceptors (Lipinski definition) is 2. The Morgan fingerprint density at radius 3 is 2.73 bits per heavy atom. The highest BCUT2D eigenvalue weighted by Gasteiger charge is 2.11. The number of amides is 1. The van der Waals surface area contributed by atoms with Crippen LogP contribution in [0.2, 0.25) is 0 Å². The summed E-state index contributed by atoms with van der Waals surface area (Å²) in [7, 11) is 1.66. The Morgan fingerprint density at radius 1 is 1.53 bits per heavy atom. The largest absolute Gasteiger partial charge is 0.312 e. The van der Waals surface area contributed by atoms with Crippen LogP contribution in [-0.4, -0.2) is 13.0 Å². The average molecular weight is 200 g/mol. The van der Waals surface area contributed by atoms with Crippen molar-refractivity contribution >= 4 is 11.6 Å². The third-order valence-electron chi connectivity index (χ3n) is 2.03. The molecule has 76 valence electrons. The van der Waals surface area contributed by atoms with Crippen LogP contribution in [0.4, 0.5) is 5.69 Å². The van der Waals surface area contributed by atoms with Crippen LogP contribution in [0, 0.1) is 11.3 Å². The maximum Gasteiger partial charge on any atom is 0.253 e. The van der Waals surface area contributed by atoms with Crippen molar-refractivity contribution in [3.05, 3.63) is 42.0 Å². The lowest BCUT2D eigenvalue weighted by Gasteiger charge is -2.17. The van der Waals surface area contributed by atoms with Crippen LogP contribution >= 0.6 is 0 Å². The molecule has 3 nitrogen and oxygen atoms in total. The zero-order valence-electron chi connectivity index (χ0n) is 8.82. The minimum absolute atomic E-state index is 0.148. The van der Waals surface area contributed by atoms with Gasteiger partial charge in [0.1, 0.15) is 0 Å². The van der Waals surface area contributed by atoms with Crippen LogP contribution < -0.4 is 4.90 Å². The fourth-order valence-corrected chi connectivity index (χ4v) is 1.19. The van der Waals surface area contributed by atoms with Crippen molar-refractivity contribution in [2.75, 3.05) is 11.9 Å². The highest BCUT2D eigenvalue weighted by atomic mass is 16.2. The van der Waals surface area contributed by atoms with Crippen molar-refractivity contribution in [3.8, 4) is 6.07 Å². The predicted octanol–water partition coefficient (Wildman–Crippen LogP) is 2.10. The van der Waals surface area contributed by atoms with E-state index in [0.29, 0.717) is 16.8 Å². The summed E-state index contributed by atoms with van der Waals surface area (Å²) in [5.41, 5.74) is 1.70. The summed E-state index contributed by atoms with van der Waals surface area (Å²) in [6.07, 6.45) is 0. The molecular formula is C12H12N2O. The van der Waals surface area contributed by atoms with E-state index in [-0.39, 0.29) is 5.91 Å². The number of anilines is 1. The number of likely N-dealkylation sites (N-methyl/N-ethyl adjacent to an activating group) is 1. The molecule has 0 saturated carbocycles. The lowest BCUT2D eigenvalue weighted by Crippen LogP contribution is -2.26. The summed E-state index contributed by atoms with van der Waals surface area (Å²) in [4.78, 5) is 13.1. The maximum atomic E-state index is 11.6. The molecular weight excluding hydrogens is 188 g/mol. The first kappa shape index (κ1) is 11.0. The van der Waals surface area contributed by atoms with Gasteiger partial charge in [-0.15, -0.1) is 0 Å². The smallest absolute Gasteiger partial charge is 0.253 e. The summed E-state index contributed by atoms with van der Waals surface area (Å²) in [6, 6.07) is 8.92. The van der Waals surface area contributed by atoms with Crippen molar-refractivity contribution in [2.45, 2.75) is 6.92 Å². The van der Waals surface area contributed by atoms with Gasteiger partial charge in [-0.1, -0.05) is 12.6 Å². The van der Waals surface area contributed by atoms with Gasteiger partial charge in [0.25, 0.3) is 5.91 Å². The van der Waals surface area contributed by atoms with Crippen molar-refractivity contribution in [1.82, 2.24) is 0 Å². The van der Waals surface area contributed by atoms with Gasteiger partial charge in [0.05, 0.1) is 11.6 Å². The Labute approximate surface area is 89.2 Å². The number of benzene rings is 1. The van der Waals surface area contributed by atoms with Gasteiger partial charge in [-0.3, -0.25) is 4.79 Å². The SMILES string of the molecule is C=C(C)C(=O)N(C)c1cccc(C#N)c1. The van der Waals surface area contributed by atoms with Crippen LogP contribution in [0.3, 0.4) is 0 Å². The Morgan fingerprint density at radius 2 is 2.20 bits per heavy atom. The predicted molar refractivity (Wildman–Crippen MR) is 59.4 cm³/mol. The van der Waals surface area contributed by atoms with Crippen molar-refractivity contribution in [2.24, 2.45) is 0 Å². The zero-order chi connectivity index (χ0) is 11.4. The molecule has 0 atom stereocenters. The van der Waals surface area contributed by atoms with Gasteiger partial charge < -0.3 is 4.90 Å². The third kappa shape index (κ3) is 2.44. The number of hydrogen-bond donors (Lipinski definition) is 0. The number of carbonyl (C=O) groups is 1. The van der Waals surface area contributed by atoms with Crippen molar-refractivity contribution in [3.63, 3.8) is 0 Å². The molecule has 0 aromatic heterocycles. The number of rotatable bonds is 2. The van der Waals surface area contributed by atoms with Crippen LogP contribution in [0.5, 0.6) is 0 Å². The molecule has 0 aliphatic carbocycles. The van der Waals surface area contributed by atoms with E-state index in [1.54, 1.807) is 38.2 Å². The molecule has 0 N–H and O–H groups in total. The van der Waals surface area contributed by atoms with Crippen LogP contribution in [0.1, 0.15) is 12.5 Å². The fourth-order valence-electron chi connectivity index (χ4n) is 1.19. The van der Waals surface area contributed by atoms with Gasteiger partial charge in [-0.25, -0.2) is 0 Å². The van der Waals surface area contributed by atoms with E-state index in [1.807, 2.05) is 6.07 Å². The molecule has 1 aromatic rings. The number of carbonyl (C=O) groups excluding carboxylic acids is 1. The first-order valence-electron chi connectivity index (χ1n) is 4.50. The number of nitrogens with zero attached hydrogens (tertiary/aromatic N) is 2. The van der Waals surface area contributed by atoms with Crippen LogP contribution in [-0.2, 0) is 4.79 Å². The van der Waals surface area contributed by atoms with E-state index in [0.717, 1.165) is 0 Å². The molecule has 0 fully saturated rings. The second kappa shape index (κ2) is 4.43. The molecule has 3 heteroatoms. The molecule has 0 aliphatic rings. The van der Waals surface area contributed by atoms with E-state index in [9.17, 15) is 4.79 Å². The van der Waals surface area contributed by atoms with Crippen molar-refractivity contribution in [1.29, 1.82) is 5.26 Å². The summed E-state index contributed by atoms with van der Waals surface area (Å²) in [5, 5.41) is 8.72. The van der Waals surface area contributed by atoms with E-state index in [2.05, 4.69) is 6.58 Å². The van der Waals surface area contributed by atoms with Gasteiger partial charge in [-0.2, -0.15) is 5.26 Å². The minimum Gasteiger partial charge on any atom is -0.312 e. The maximum absolute atomic E-state index is 11.6. The van der Waals surface area contributed by atoms with Gasteiger partial charge in [0, 0.05) is 18.3 Å². The lowest BCUT2D eigenvalue weighted by atomic mass is 10.2. The molecule has 1 amide bonds. The van der Waals surface area contributed by atoms with Gasteiger partial charge in [-0.05, 0) is 25.1 Å². The first-order valence-corrected chi connectivity index (χ1v) is 4.50. The average Bonchev–Trinajstić information content (AvgIpc) is 2.27. The van der Waals surface area contributed by atoms with Crippen molar-refractivity contribution < 1.29 is 4.79 Å². The molecule has 1 aromatic carbocycles. The molecule has 0 spiro atoms. The summed E-state index contributed by atoms with van der Waals surface area (Å²) < 4.78 is 0. The zero-order valence-corrected chi connectivity index (χ0v) is 8.82. The molecule has 15 heavy (non-hydrogen) atoms. The molecule has 0 aliphatic heterocycles.